The molecular weight excluding hydrogens is 408 g/mol. The smallest absolute Gasteiger partial charge is 0.324 e. The highest BCUT2D eigenvalue weighted by molar-refractivity contribution is 6.31. The van der Waals surface area contributed by atoms with Crippen LogP contribution in [0.5, 0.6) is 5.75 Å². The average Bonchev–Trinajstić information content (AvgIpc) is 3.17. The molecule has 4 rings (SSSR count). The molecule has 2 fully saturated rings. The van der Waals surface area contributed by atoms with Crippen LogP contribution in [0.25, 0.3) is 0 Å². The van der Waals surface area contributed by atoms with Crippen molar-refractivity contribution in [2.24, 2.45) is 11.8 Å². The lowest BCUT2D eigenvalue weighted by atomic mass is 9.77. The third kappa shape index (κ3) is 2.88. The Bertz CT molecular complexity index is 1040. The summed E-state index contributed by atoms with van der Waals surface area (Å²) in [5.74, 6) is -4.40. The van der Waals surface area contributed by atoms with Crippen LogP contribution in [0, 0.1) is 11.8 Å². The number of aromatic hydroxyl groups is 1. The Labute approximate surface area is 178 Å². The van der Waals surface area contributed by atoms with Crippen LogP contribution in [0.4, 0.5) is 5.69 Å². The third-order valence-electron chi connectivity index (χ3n) is 6.02. The topological polar surface area (TPSA) is 107 Å². The summed E-state index contributed by atoms with van der Waals surface area (Å²) in [6.45, 7) is 1.82. The van der Waals surface area contributed by atoms with Gasteiger partial charge in [-0.05, 0) is 30.7 Å². The second kappa shape index (κ2) is 7.41. The van der Waals surface area contributed by atoms with Gasteiger partial charge in [-0.1, -0.05) is 49.2 Å². The van der Waals surface area contributed by atoms with Gasteiger partial charge >= 0.3 is 5.97 Å². The Kier molecular flexibility index (Phi) is 5.03. The first kappa shape index (κ1) is 20.4. The van der Waals surface area contributed by atoms with Crippen LogP contribution < -0.4 is 10.2 Å². The second-order valence-electron chi connectivity index (χ2n) is 7.70. The molecule has 2 aromatic carbocycles. The number of halogens is 1. The van der Waals surface area contributed by atoms with Crippen molar-refractivity contribution in [2.45, 2.75) is 31.3 Å². The highest BCUT2D eigenvalue weighted by atomic mass is 35.5. The zero-order valence-corrected chi connectivity index (χ0v) is 17.0. The van der Waals surface area contributed by atoms with Crippen molar-refractivity contribution in [2.75, 3.05) is 4.90 Å². The molecule has 156 valence electrons. The number of para-hydroxylation sites is 1. The fourth-order valence-corrected chi connectivity index (χ4v) is 5.00. The largest absolute Gasteiger partial charge is 0.508 e. The van der Waals surface area contributed by atoms with Gasteiger partial charge < -0.3 is 10.2 Å². The predicted octanol–water partition coefficient (Wildman–Crippen LogP) is 3.12. The van der Waals surface area contributed by atoms with Gasteiger partial charge in [-0.15, -0.1) is 0 Å². The van der Waals surface area contributed by atoms with E-state index in [-0.39, 0.29) is 12.2 Å². The number of rotatable bonds is 5. The molecule has 2 heterocycles. The number of fused-ring (bicyclic) bond motifs is 1. The van der Waals surface area contributed by atoms with Crippen molar-refractivity contribution in [1.29, 1.82) is 0 Å². The number of carbonyl (C=O) groups excluding carboxylic acids is 2. The van der Waals surface area contributed by atoms with Crippen LogP contribution in [0.15, 0.2) is 48.5 Å². The van der Waals surface area contributed by atoms with Gasteiger partial charge in [-0.3, -0.25) is 19.7 Å². The van der Waals surface area contributed by atoms with E-state index in [1.807, 2.05) is 6.92 Å². The summed E-state index contributed by atoms with van der Waals surface area (Å²) in [5.41, 5.74) is -0.925. The number of carbonyl (C=O) groups is 3. The Hall–Kier alpha value is -2.90. The molecule has 0 spiro atoms. The molecule has 30 heavy (non-hydrogen) atoms. The highest BCUT2D eigenvalue weighted by Gasteiger charge is 2.68. The van der Waals surface area contributed by atoms with E-state index in [4.69, 9.17) is 11.6 Å². The van der Waals surface area contributed by atoms with E-state index in [1.165, 1.54) is 12.1 Å². The predicted molar refractivity (Wildman–Crippen MR) is 110 cm³/mol. The van der Waals surface area contributed by atoms with E-state index in [0.717, 1.165) is 4.90 Å². The molecule has 0 aliphatic carbocycles. The fraction of sp³-hybridized carbons (Fsp3) is 0.318. The maximum Gasteiger partial charge on any atom is 0.324 e. The maximum atomic E-state index is 13.5. The number of aliphatic carboxylic acids is 1. The minimum absolute atomic E-state index is 0.0621. The van der Waals surface area contributed by atoms with Gasteiger partial charge in [-0.25, -0.2) is 4.90 Å². The number of nitrogens with zero attached hydrogens (tertiary/aromatic N) is 1. The summed E-state index contributed by atoms with van der Waals surface area (Å²) in [6, 6.07) is 12.0. The van der Waals surface area contributed by atoms with Gasteiger partial charge in [0.1, 0.15) is 11.3 Å². The number of imide groups is 1. The van der Waals surface area contributed by atoms with Crippen molar-refractivity contribution in [3.63, 3.8) is 0 Å². The number of anilines is 1. The van der Waals surface area contributed by atoms with E-state index >= 15 is 0 Å². The quantitative estimate of drug-likeness (QED) is 0.632. The van der Waals surface area contributed by atoms with Crippen molar-refractivity contribution in [1.82, 2.24) is 5.32 Å². The number of carboxylic acids is 1. The van der Waals surface area contributed by atoms with Gasteiger partial charge in [0.25, 0.3) is 0 Å². The first-order chi connectivity index (χ1) is 14.3. The van der Waals surface area contributed by atoms with Crippen molar-refractivity contribution in [3.05, 3.63) is 59.1 Å². The molecule has 8 heteroatoms. The molecule has 7 nitrogen and oxygen atoms in total. The Morgan fingerprint density at radius 2 is 1.90 bits per heavy atom. The maximum absolute atomic E-state index is 13.5. The minimum atomic E-state index is -1.62. The molecule has 0 bridgehead atoms. The number of phenols is 1. The zero-order valence-electron chi connectivity index (χ0n) is 16.2. The molecule has 2 aliphatic heterocycles. The standard InChI is InChI=1S/C22H21ClN2O5/c1-2-10-22(21(29)30)17-16(18(24-22)14-8-3-4-9-15(14)26)19(27)25(20(17)28)13-7-5-6-12(23)11-13/h3-9,11,16-18,24,26H,2,10H2,1H3,(H,29,30)/t16-,17-,18+,22-/m0/s1. The summed E-state index contributed by atoms with van der Waals surface area (Å²) in [4.78, 5) is 40.4. The van der Waals surface area contributed by atoms with Crippen LogP contribution in [0.3, 0.4) is 0 Å². The van der Waals surface area contributed by atoms with Crippen molar-refractivity contribution < 1.29 is 24.6 Å². The molecular formula is C22H21ClN2O5. The molecule has 2 saturated heterocycles. The fourth-order valence-electron chi connectivity index (χ4n) is 4.82. The van der Waals surface area contributed by atoms with E-state index in [2.05, 4.69) is 5.32 Å². The van der Waals surface area contributed by atoms with E-state index in [0.29, 0.717) is 22.7 Å². The number of phenolic OH excluding ortho intramolecular Hbond substituents is 1. The van der Waals surface area contributed by atoms with Crippen LogP contribution in [0.1, 0.15) is 31.4 Å². The Morgan fingerprint density at radius 1 is 1.17 bits per heavy atom. The minimum Gasteiger partial charge on any atom is -0.508 e. The zero-order chi connectivity index (χ0) is 21.6. The second-order valence-corrected chi connectivity index (χ2v) is 8.14. The van der Waals surface area contributed by atoms with Gasteiger partial charge in [0.2, 0.25) is 11.8 Å². The normalized spacial score (nSPS) is 28.1. The molecule has 0 unspecified atom stereocenters. The van der Waals surface area contributed by atoms with Crippen LogP contribution in [0.2, 0.25) is 5.02 Å². The third-order valence-corrected chi connectivity index (χ3v) is 6.25. The van der Waals surface area contributed by atoms with Gasteiger partial charge in [0, 0.05) is 16.6 Å². The lowest BCUT2D eigenvalue weighted by molar-refractivity contribution is -0.149. The molecule has 2 amide bonds. The molecule has 0 radical (unpaired) electrons. The molecule has 2 aromatic rings. The monoisotopic (exact) mass is 428 g/mol. The Balaban J connectivity index is 1.88. The van der Waals surface area contributed by atoms with Crippen LogP contribution >= 0.6 is 11.6 Å². The van der Waals surface area contributed by atoms with Crippen molar-refractivity contribution in [3.8, 4) is 5.75 Å². The summed E-state index contributed by atoms with van der Waals surface area (Å²) in [7, 11) is 0. The highest BCUT2D eigenvalue weighted by Crippen LogP contribution is 2.52. The Morgan fingerprint density at radius 3 is 2.53 bits per heavy atom. The SMILES string of the molecule is CCC[C@]1(C(=O)O)N[C@H](c2ccccc2O)[C@H]2C(=O)N(c3cccc(Cl)c3)C(=O)[C@H]21. The van der Waals surface area contributed by atoms with Crippen molar-refractivity contribution >= 4 is 35.1 Å². The number of nitrogens with one attached hydrogen (secondary N) is 1. The number of hydrogen-bond acceptors (Lipinski definition) is 5. The van der Waals surface area contributed by atoms with Gasteiger partial charge in [0.15, 0.2) is 0 Å². The van der Waals surface area contributed by atoms with E-state index < -0.39 is 41.2 Å². The van der Waals surface area contributed by atoms with E-state index in [9.17, 15) is 24.6 Å². The van der Waals surface area contributed by atoms with Crippen LogP contribution in [-0.2, 0) is 14.4 Å². The summed E-state index contributed by atoms with van der Waals surface area (Å²) >= 11 is 6.05. The van der Waals surface area contributed by atoms with Crippen LogP contribution in [-0.4, -0.2) is 33.5 Å². The molecule has 4 atom stereocenters. The number of amides is 2. The molecule has 0 saturated carbocycles. The summed E-state index contributed by atoms with van der Waals surface area (Å²) < 4.78 is 0. The number of hydrogen-bond donors (Lipinski definition) is 3. The average molecular weight is 429 g/mol. The lowest BCUT2D eigenvalue weighted by Gasteiger charge is -2.31. The lowest BCUT2D eigenvalue weighted by Crippen LogP contribution is -2.55. The summed E-state index contributed by atoms with van der Waals surface area (Å²) in [6.07, 6.45) is 0.657. The van der Waals surface area contributed by atoms with E-state index in [1.54, 1.807) is 36.4 Å². The number of benzene rings is 2. The van der Waals surface area contributed by atoms with Gasteiger partial charge in [-0.2, -0.15) is 0 Å². The summed E-state index contributed by atoms with van der Waals surface area (Å²) in [5, 5.41) is 24.0. The first-order valence-corrected chi connectivity index (χ1v) is 10.1. The first-order valence-electron chi connectivity index (χ1n) is 9.74. The molecule has 3 N–H and O–H groups in total. The molecule has 0 aromatic heterocycles. The van der Waals surface area contributed by atoms with Gasteiger partial charge in [0.05, 0.1) is 17.5 Å². The number of carboxylic acid groups (broad SMARTS) is 1. The molecule has 2 aliphatic rings.